The Balaban J connectivity index is 3.30. The third-order valence-electron chi connectivity index (χ3n) is 5.13. The van der Waals surface area contributed by atoms with Gasteiger partial charge in [0.1, 0.15) is 12.5 Å². The van der Waals surface area contributed by atoms with Crippen molar-refractivity contribution in [3.8, 4) is 0 Å². The Bertz CT molecular complexity index is 247. The summed E-state index contributed by atoms with van der Waals surface area (Å²) in [7, 11) is 0. The Morgan fingerprint density at radius 2 is 0.778 bits per heavy atom. The maximum absolute atomic E-state index is 5.80. The van der Waals surface area contributed by atoms with Gasteiger partial charge in [0.05, 0.1) is 0 Å². The van der Waals surface area contributed by atoms with Gasteiger partial charge in [0.2, 0.25) is 0 Å². The quantitative estimate of drug-likeness (QED) is 0.180. The fraction of sp³-hybridized carbons (Fsp3) is 1.00. The summed E-state index contributed by atoms with van der Waals surface area (Å²) in [6, 6.07) is 0. The largest absolute Gasteiger partial charge is 0.362 e. The lowest BCUT2D eigenvalue weighted by molar-refractivity contribution is -0.0360. The molecular formula is C24H50NO2. The number of unbranched alkanes of at least 4 members (excludes halogenated alkanes) is 14. The molecule has 0 fully saturated rings. The lowest BCUT2D eigenvalue weighted by Crippen LogP contribution is -2.32. The highest BCUT2D eigenvalue weighted by Crippen LogP contribution is 2.10. The second kappa shape index (κ2) is 22.2. The van der Waals surface area contributed by atoms with Crippen molar-refractivity contribution in [1.82, 2.24) is 5.32 Å². The van der Waals surface area contributed by atoms with Crippen LogP contribution in [-0.4, -0.2) is 25.7 Å². The van der Waals surface area contributed by atoms with E-state index < -0.39 is 0 Å². The predicted octanol–water partition coefficient (Wildman–Crippen LogP) is 7.60. The minimum Gasteiger partial charge on any atom is -0.362 e. The molecule has 0 aliphatic rings. The van der Waals surface area contributed by atoms with Crippen LogP contribution in [-0.2, 0) is 9.47 Å². The third-order valence-corrected chi connectivity index (χ3v) is 5.13. The van der Waals surface area contributed by atoms with Crippen LogP contribution >= 0.6 is 0 Å². The van der Waals surface area contributed by atoms with E-state index in [2.05, 4.69) is 19.2 Å². The summed E-state index contributed by atoms with van der Waals surface area (Å²) in [5.74, 6) is 0. The Hall–Kier alpha value is -0.120. The van der Waals surface area contributed by atoms with E-state index in [4.69, 9.17) is 9.47 Å². The minimum absolute atomic E-state index is 0.0527. The Labute approximate surface area is 171 Å². The van der Waals surface area contributed by atoms with Gasteiger partial charge < -0.3 is 9.47 Å². The fourth-order valence-corrected chi connectivity index (χ4v) is 3.36. The maximum atomic E-state index is 5.80. The van der Waals surface area contributed by atoms with Crippen molar-refractivity contribution in [2.75, 3.05) is 13.2 Å². The normalized spacial score (nSPS) is 13.8. The van der Waals surface area contributed by atoms with Gasteiger partial charge in [-0.15, -0.1) is 0 Å². The van der Waals surface area contributed by atoms with Crippen molar-refractivity contribution >= 4 is 0 Å². The summed E-state index contributed by atoms with van der Waals surface area (Å²) in [4.78, 5) is 0. The average Bonchev–Trinajstić information content (AvgIpc) is 2.65. The van der Waals surface area contributed by atoms with E-state index >= 15 is 0 Å². The molecule has 2 atom stereocenters. The van der Waals surface area contributed by atoms with Crippen LogP contribution in [0, 0.1) is 0 Å². The van der Waals surface area contributed by atoms with Crippen LogP contribution < -0.4 is 5.32 Å². The predicted molar refractivity (Wildman–Crippen MR) is 118 cm³/mol. The molecule has 0 saturated heterocycles. The van der Waals surface area contributed by atoms with Crippen molar-refractivity contribution in [1.29, 1.82) is 0 Å². The van der Waals surface area contributed by atoms with Crippen molar-refractivity contribution in [3.63, 3.8) is 0 Å². The smallest absolute Gasteiger partial charge is 0.123 e. The van der Waals surface area contributed by atoms with Gasteiger partial charge in [-0.1, -0.05) is 104 Å². The Kier molecular flexibility index (Phi) is 22.1. The second-order valence-electron chi connectivity index (χ2n) is 8.04. The maximum Gasteiger partial charge on any atom is 0.123 e. The first-order valence-corrected chi connectivity index (χ1v) is 12.1. The molecule has 3 nitrogen and oxygen atoms in total. The Morgan fingerprint density at radius 3 is 1.11 bits per heavy atom. The van der Waals surface area contributed by atoms with Gasteiger partial charge in [0.25, 0.3) is 0 Å². The molecule has 0 aromatic rings. The zero-order valence-electron chi connectivity index (χ0n) is 19.1. The molecule has 0 amide bonds. The van der Waals surface area contributed by atoms with Crippen molar-refractivity contribution in [2.45, 2.75) is 143 Å². The molecule has 0 saturated carbocycles. The van der Waals surface area contributed by atoms with Crippen LogP contribution in [0.2, 0.25) is 0 Å². The van der Waals surface area contributed by atoms with Gasteiger partial charge in [-0.3, -0.25) is 0 Å². The number of hydrogen-bond acceptors (Lipinski definition) is 2. The standard InChI is InChI=1S/C24H50NO2/c1-5-7-9-11-13-15-17-19-21-26-23(3)25-24(4)27-22-20-18-16-14-12-10-8-6-2/h23-24H,5-22H2,1-4H3. The molecule has 163 valence electrons. The summed E-state index contributed by atoms with van der Waals surface area (Å²) in [5.41, 5.74) is 0. The molecule has 27 heavy (non-hydrogen) atoms. The summed E-state index contributed by atoms with van der Waals surface area (Å²) in [5, 5.41) is 4.57. The van der Waals surface area contributed by atoms with E-state index in [1.807, 2.05) is 13.8 Å². The first kappa shape index (κ1) is 26.9. The highest BCUT2D eigenvalue weighted by molar-refractivity contribution is 4.53. The molecule has 0 aliphatic heterocycles. The van der Waals surface area contributed by atoms with Crippen LogP contribution in [0.25, 0.3) is 0 Å². The molecule has 0 N–H and O–H groups in total. The molecular weight excluding hydrogens is 334 g/mol. The van der Waals surface area contributed by atoms with Crippen molar-refractivity contribution in [3.05, 3.63) is 0 Å². The lowest BCUT2D eigenvalue weighted by Gasteiger charge is -2.18. The van der Waals surface area contributed by atoms with E-state index in [9.17, 15) is 0 Å². The SMILES string of the molecule is CCCCCCCCCCOC(C)[N]C(C)OCCCCCCCCCC. The van der Waals surface area contributed by atoms with Crippen LogP contribution in [0.15, 0.2) is 0 Å². The molecule has 0 heterocycles. The monoisotopic (exact) mass is 384 g/mol. The summed E-state index contributed by atoms with van der Waals surface area (Å²) >= 11 is 0. The van der Waals surface area contributed by atoms with Gasteiger partial charge in [-0.05, 0) is 26.7 Å². The van der Waals surface area contributed by atoms with Crippen LogP contribution in [0.4, 0.5) is 0 Å². The summed E-state index contributed by atoms with van der Waals surface area (Å²) < 4.78 is 11.6. The van der Waals surface area contributed by atoms with E-state index in [1.165, 1.54) is 89.9 Å². The number of ether oxygens (including phenoxy) is 2. The molecule has 1 radical (unpaired) electrons. The molecule has 0 aromatic carbocycles. The number of rotatable bonds is 22. The molecule has 0 spiro atoms. The minimum atomic E-state index is -0.0527. The van der Waals surface area contributed by atoms with Gasteiger partial charge in [0.15, 0.2) is 0 Å². The Morgan fingerprint density at radius 1 is 0.481 bits per heavy atom. The summed E-state index contributed by atoms with van der Waals surface area (Å²) in [6.07, 6.45) is 21.2. The van der Waals surface area contributed by atoms with Gasteiger partial charge in [-0.2, -0.15) is 5.32 Å². The zero-order chi connectivity index (χ0) is 20.0. The van der Waals surface area contributed by atoms with E-state index in [1.54, 1.807) is 0 Å². The van der Waals surface area contributed by atoms with Crippen molar-refractivity contribution in [2.24, 2.45) is 0 Å². The fourth-order valence-electron chi connectivity index (χ4n) is 3.36. The van der Waals surface area contributed by atoms with E-state index in [0.717, 1.165) is 26.1 Å². The first-order valence-electron chi connectivity index (χ1n) is 12.1. The van der Waals surface area contributed by atoms with Crippen LogP contribution in [0.1, 0.15) is 130 Å². The number of nitrogens with zero attached hydrogens (tertiary/aromatic N) is 1. The first-order chi connectivity index (χ1) is 13.2. The lowest BCUT2D eigenvalue weighted by atomic mass is 10.1. The molecule has 2 unspecified atom stereocenters. The van der Waals surface area contributed by atoms with Crippen LogP contribution in [0.5, 0.6) is 0 Å². The zero-order valence-corrected chi connectivity index (χ0v) is 19.1. The highest BCUT2D eigenvalue weighted by Gasteiger charge is 2.09. The van der Waals surface area contributed by atoms with Crippen molar-refractivity contribution < 1.29 is 9.47 Å². The third kappa shape index (κ3) is 22.0. The molecule has 0 aromatic heterocycles. The van der Waals surface area contributed by atoms with Gasteiger partial charge in [-0.25, -0.2) is 0 Å². The van der Waals surface area contributed by atoms with Crippen LogP contribution in [0.3, 0.4) is 0 Å². The molecule has 0 bridgehead atoms. The summed E-state index contributed by atoms with van der Waals surface area (Å²) in [6.45, 7) is 10.2. The van der Waals surface area contributed by atoms with E-state index in [0.29, 0.717) is 0 Å². The van der Waals surface area contributed by atoms with E-state index in [-0.39, 0.29) is 12.5 Å². The number of hydrogen-bond donors (Lipinski definition) is 0. The highest BCUT2D eigenvalue weighted by atomic mass is 16.5. The average molecular weight is 385 g/mol. The molecule has 3 heteroatoms. The molecule has 0 rings (SSSR count). The molecule has 0 aliphatic carbocycles. The second-order valence-corrected chi connectivity index (χ2v) is 8.04. The topological polar surface area (TPSA) is 32.6 Å². The van der Waals surface area contributed by atoms with Gasteiger partial charge in [0, 0.05) is 13.2 Å². The van der Waals surface area contributed by atoms with Gasteiger partial charge >= 0.3 is 0 Å².